The molecule has 2 N–H and O–H groups in total. The Morgan fingerprint density at radius 2 is 2.22 bits per heavy atom. The van der Waals surface area contributed by atoms with Crippen molar-refractivity contribution in [1.29, 1.82) is 0 Å². The second-order valence-corrected chi connectivity index (χ2v) is 6.07. The molecular weight excluding hydrogens is 246 g/mol. The predicted octanol–water partition coefficient (Wildman–Crippen LogP) is 2.83. The first kappa shape index (κ1) is 15.2. The van der Waals surface area contributed by atoms with E-state index in [0.29, 0.717) is 18.4 Å². The predicted molar refractivity (Wildman–Crippen MR) is 76.0 cm³/mol. The third kappa shape index (κ3) is 4.78. The van der Waals surface area contributed by atoms with Crippen LogP contribution >= 0.6 is 11.3 Å². The van der Waals surface area contributed by atoms with Gasteiger partial charge in [-0.05, 0) is 48.6 Å². The summed E-state index contributed by atoms with van der Waals surface area (Å²) < 4.78 is 0. The van der Waals surface area contributed by atoms with E-state index in [2.05, 4.69) is 19.2 Å². The van der Waals surface area contributed by atoms with Crippen molar-refractivity contribution in [3.8, 4) is 0 Å². The Labute approximate surface area is 113 Å². The number of amides is 1. The first-order chi connectivity index (χ1) is 8.54. The number of carbonyl (C=O) groups excluding carboxylic acids is 1. The van der Waals surface area contributed by atoms with Crippen LogP contribution in [-0.2, 0) is 0 Å². The lowest BCUT2D eigenvalue weighted by Crippen LogP contribution is -2.30. The molecule has 1 heterocycles. The smallest absolute Gasteiger partial charge is 0.261 e. The van der Waals surface area contributed by atoms with Gasteiger partial charge in [0.25, 0.3) is 5.91 Å². The highest BCUT2D eigenvalue weighted by Gasteiger charge is 2.14. The molecular formula is C14H23NO2S. The van der Waals surface area contributed by atoms with Crippen molar-refractivity contribution >= 4 is 17.2 Å². The zero-order chi connectivity index (χ0) is 13.5. The van der Waals surface area contributed by atoms with Gasteiger partial charge in [-0.1, -0.05) is 13.8 Å². The molecule has 1 rings (SSSR count). The van der Waals surface area contributed by atoms with Gasteiger partial charge >= 0.3 is 0 Å². The minimum absolute atomic E-state index is 0.00851. The fourth-order valence-electron chi connectivity index (χ4n) is 2.08. The number of nitrogens with one attached hydrogen (secondary N) is 1. The van der Waals surface area contributed by atoms with E-state index >= 15 is 0 Å². The molecule has 18 heavy (non-hydrogen) atoms. The minimum Gasteiger partial charge on any atom is -0.396 e. The summed E-state index contributed by atoms with van der Waals surface area (Å²) >= 11 is 1.48. The van der Waals surface area contributed by atoms with Crippen molar-refractivity contribution in [3.05, 3.63) is 21.9 Å². The van der Waals surface area contributed by atoms with E-state index in [1.807, 2.05) is 18.4 Å². The summed E-state index contributed by atoms with van der Waals surface area (Å²) in [5.74, 6) is 0.954. The molecule has 0 bridgehead atoms. The molecule has 0 saturated heterocycles. The third-order valence-electron chi connectivity index (χ3n) is 2.96. The molecule has 0 radical (unpaired) electrons. The number of hydrogen-bond acceptors (Lipinski definition) is 3. The number of carbonyl (C=O) groups is 1. The van der Waals surface area contributed by atoms with Gasteiger partial charge in [-0.3, -0.25) is 4.79 Å². The van der Waals surface area contributed by atoms with E-state index in [-0.39, 0.29) is 12.5 Å². The number of thiophene rings is 1. The van der Waals surface area contributed by atoms with Crippen LogP contribution in [-0.4, -0.2) is 24.2 Å². The molecule has 0 spiro atoms. The summed E-state index contributed by atoms with van der Waals surface area (Å²) in [6.45, 7) is 7.11. The van der Waals surface area contributed by atoms with Crippen LogP contribution in [0, 0.1) is 18.8 Å². The lowest BCUT2D eigenvalue weighted by molar-refractivity contribution is 0.0945. The largest absolute Gasteiger partial charge is 0.396 e. The fraction of sp³-hybridized carbons (Fsp3) is 0.643. The normalized spacial score (nSPS) is 12.7. The van der Waals surface area contributed by atoms with Crippen LogP contribution in [0.3, 0.4) is 0 Å². The standard InChI is InChI=1S/C14H23NO2S/c1-10(2)8-12(4-6-16)9-15-14(17)13-11(3)5-7-18-13/h5,7,10,12,16H,4,6,8-9H2,1-3H3,(H,15,17). The van der Waals surface area contributed by atoms with E-state index in [0.717, 1.165) is 23.3 Å². The molecule has 0 aliphatic carbocycles. The molecule has 102 valence electrons. The Hall–Kier alpha value is -0.870. The quantitative estimate of drug-likeness (QED) is 0.799. The molecule has 1 atom stereocenters. The monoisotopic (exact) mass is 269 g/mol. The SMILES string of the molecule is Cc1ccsc1C(=O)NCC(CCO)CC(C)C. The van der Waals surface area contributed by atoms with E-state index in [1.54, 1.807) is 0 Å². The number of hydrogen-bond donors (Lipinski definition) is 2. The van der Waals surface area contributed by atoms with Gasteiger partial charge in [0, 0.05) is 13.2 Å². The maximum atomic E-state index is 12.0. The molecule has 0 aromatic carbocycles. The lowest BCUT2D eigenvalue weighted by atomic mass is 9.94. The minimum atomic E-state index is 0.00851. The average Bonchev–Trinajstić information content (AvgIpc) is 2.71. The first-order valence-electron chi connectivity index (χ1n) is 6.47. The van der Waals surface area contributed by atoms with Crippen LogP contribution in [0.25, 0.3) is 0 Å². The highest BCUT2D eigenvalue weighted by atomic mass is 32.1. The maximum absolute atomic E-state index is 12.0. The van der Waals surface area contributed by atoms with Crippen LogP contribution in [0.5, 0.6) is 0 Å². The van der Waals surface area contributed by atoms with Crippen LogP contribution in [0.4, 0.5) is 0 Å². The molecule has 0 saturated carbocycles. The van der Waals surface area contributed by atoms with Crippen LogP contribution in [0.2, 0.25) is 0 Å². The van der Waals surface area contributed by atoms with Crippen LogP contribution < -0.4 is 5.32 Å². The van der Waals surface area contributed by atoms with Crippen molar-refractivity contribution in [2.24, 2.45) is 11.8 Å². The Bertz CT molecular complexity index is 374. The highest BCUT2D eigenvalue weighted by Crippen LogP contribution is 2.17. The Balaban J connectivity index is 2.46. The molecule has 0 aliphatic rings. The fourth-order valence-corrected chi connectivity index (χ4v) is 2.92. The van der Waals surface area contributed by atoms with Crippen LogP contribution in [0.1, 0.15) is 41.9 Å². The Morgan fingerprint density at radius 3 is 2.72 bits per heavy atom. The van der Waals surface area contributed by atoms with Gasteiger partial charge in [-0.15, -0.1) is 11.3 Å². The maximum Gasteiger partial charge on any atom is 0.261 e. The summed E-state index contributed by atoms with van der Waals surface area (Å²) in [5, 5.41) is 13.9. The van der Waals surface area contributed by atoms with E-state index in [4.69, 9.17) is 5.11 Å². The van der Waals surface area contributed by atoms with Crippen molar-refractivity contribution in [1.82, 2.24) is 5.32 Å². The highest BCUT2D eigenvalue weighted by molar-refractivity contribution is 7.12. The number of aliphatic hydroxyl groups is 1. The van der Waals surface area contributed by atoms with Gasteiger partial charge in [0.1, 0.15) is 0 Å². The average molecular weight is 269 g/mol. The van der Waals surface area contributed by atoms with Gasteiger partial charge in [0.15, 0.2) is 0 Å². The zero-order valence-corrected chi connectivity index (χ0v) is 12.2. The zero-order valence-electron chi connectivity index (χ0n) is 11.4. The van der Waals surface area contributed by atoms with Crippen molar-refractivity contribution in [2.75, 3.05) is 13.2 Å². The third-order valence-corrected chi connectivity index (χ3v) is 3.98. The molecule has 1 aromatic heterocycles. The first-order valence-corrected chi connectivity index (χ1v) is 7.35. The van der Waals surface area contributed by atoms with E-state index in [9.17, 15) is 4.79 Å². The second kappa shape index (κ2) is 7.54. The van der Waals surface area contributed by atoms with Gasteiger partial charge in [-0.2, -0.15) is 0 Å². The van der Waals surface area contributed by atoms with Crippen molar-refractivity contribution in [2.45, 2.75) is 33.6 Å². The van der Waals surface area contributed by atoms with Crippen molar-refractivity contribution < 1.29 is 9.90 Å². The van der Waals surface area contributed by atoms with Gasteiger partial charge in [-0.25, -0.2) is 0 Å². The number of aryl methyl sites for hydroxylation is 1. The van der Waals surface area contributed by atoms with Crippen molar-refractivity contribution in [3.63, 3.8) is 0 Å². The molecule has 3 nitrogen and oxygen atoms in total. The molecule has 0 aliphatic heterocycles. The molecule has 1 aromatic rings. The summed E-state index contributed by atoms with van der Waals surface area (Å²) in [4.78, 5) is 12.8. The number of aliphatic hydroxyl groups excluding tert-OH is 1. The van der Waals surface area contributed by atoms with Gasteiger partial charge in [0.05, 0.1) is 4.88 Å². The Morgan fingerprint density at radius 1 is 1.50 bits per heavy atom. The summed E-state index contributed by atoms with van der Waals surface area (Å²) in [6.07, 6.45) is 1.78. The van der Waals surface area contributed by atoms with Gasteiger partial charge in [0.2, 0.25) is 0 Å². The lowest BCUT2D eigenvalue weighted by Gasteiger charge is -2.18. The summed E-state index contributed by atoms with van der Waals surface area (Å²) in [5.41, 5.74) is 1.03. The number of rotatable bonds is 7. The summed E-state index contributed by atoms with van der Waals surface area (Å²) in [6, 6.07) is 1.96. The topological polar surface area (TPSA) is 49.3 Å². The molecule has 4 heteroatoms. The van der Waals surface area contributed by atoms with E-state index < -0.39 is 0 Å². The molecule has 1 amide bonds. The van der Waals surface area contributed by atoms with E-state index in [1.165, 1.54) is 11.3 Å². The van der Waals surface area contributed by atoms with Crippen LogP contribution in [0.15, 0.2) is 11.4 Å². The second-order valence-electron chi connectivity index (χ2n) is 5.15. The summed E-state index contributed by atoms with van der Waals surface area (Å²) in [7, 11) is 0. The van der Waals surface area contributed by atoms with Gasteiger partial charge < -0.3 is 10.4 Å². The molecule has 0 fully saturated rings. The molecule has 1 unspecified atom stereocenters. The Kier molecular flexibility index (Phi) is 6.36.